The molecule has 1 aromatic carbocycles. The zero-order chi connectivity index (χ0) is 17.5. The Bertz CT molecular complexity index is 561. The highest BCUT2D eigenvalue weighted by molar-refractivity contribution is 9.10. The van der Waals surface area contributed by atoms with Gasteiger partial charge in [-0.1, -0.05) is 42.6 Å². The molecule has 0 aliphatic heterocycles. The molecular weight excluding hydrogens is 374 g/mol. The third-order valence-corrected chi connectivity index (χ3v) is 5.12. The van der Waals surface area contributed by atoms with Gasteiger partial charge in [-0.3, -0.25) is 4.79 Å². The van der Waals surface area contributed by atoms with Crippen LogP contribution in [0.25, 0.3) is 0 Å². The van der Waals surface area contributed by atoms with Gasteiger partial charge in [-0.05, 0) is 42.5 Å². The first-order valence-corrected chi connectivity index (χ1v) is 9.08. The predicted octanol–water partition coefficient (Wildman–Crippen LogP) is 3.31. The molecular formula is C18H24BrNO4. The number of nitrogens with one attached hydrogen (secondary N) is 1. The largest absolute Gasteiger partial charge is 0.482 e. The van der Waals surface area contributed by atoms with Gasteiger partial charge in [0.25, 0.3) is 5.91 Å². The molecule has 1 N–H and O–H groups in total. The van der Waals surface area contributed by atoms with Gasteiger partial charge in [-0.2, -0.15) is 0 Å². The quantitative estimate of drug-likeness (QED) is 0.747. The number of halogens is 1. The van der Waals surface area contributed by atoms with Crippen LogP contribution < -0.4 is 10.1 Å². The smallest absolute Gasteiger partial charge is 0.344 e. The summed E-state index contributed by atoms with van der Waals surface area (Å²) in [6.45, 7) is 3.89. The Hall–Kier alpha value is -1.56. The molecule has 1 amide bonds. The first kappa shape index (κ1) is 18.8. The van der Waals surface area contributed by atoms with Crippen LogP contribution in [0.5, 0.6) is 5.75 Å². The summed E-state index contributed by atoms with van der Waals surface area (Å²) < 4.78 is 11.2. The molecule has 0 unspecified atom stereocenters. The second kappa shape index (κ2) is 9.06. The number of benzene rings is 1. The Balaban J connectivity index is 1.67. The van der Waals surface area contributed by atoms with Gasteiger partial charge in [0.2, 0.25) is 0 Å². The van der Waals surface area contributed by atoms with Crippen LogP contribution in [0.2, 0.25) is 0 Å². The maximum Gasteiger partial charge on any atom is 0.344 e. The molecule has 24 heavy (non-hydrogen) atoms. The van der Waals surface area contributed by atoms with Gasteiger partial charge in [0.1, 0.15) is 5.75 Å². The zero-order valence-corrected chi connectivity index (χ0v) is 15.7. The summed E-state index contributed by atoms with van der Waals surface area (Å²) in [6, 6.07) is 7.30. The molecule has 5 nitrogen and oxygen atoms in total. The summed E-state index contributed by atoms with van der Waals surface area (Å²) in [5.41, 5.74) is 0. The van der Waals surface area contributed by atoms with E-state index in [9.17, 15) is 9.59 Å². The topological polar surface area (TPSA) is 64.6 Å². The van der Waals surface area contributed by atoms with Crippen molar-refractivity contribution < 1.29 is 19.1 Å². The minimum absolute atomic E-state index is 0.166. The average Bonchev–Trinajstić information content (AvgIpc) is 2.56. The minimum Gasteiger partial charge on any atom is -0.482 e. The number of rotatable bonds is 6. The van der Waals surface area contributed by atoms with Crippen molar-refractivity contribution in [2.24, 2.45) is 11.8 Å². The van der Waals surface area contributed by atoms with E-state index in [1.54, 1.807) is 12.1 Å². The monoisotopic (exact) mass is 397 g/mol. The highest BCUT2D eigenvalue weighted by atomic mass is 79.9. The Morgan fingerprint density at radius 2 is 1.88 bits per heavy atom. The van der Waals surface area contributed by atoms with E-state index >= 15 is 0 Å². The van der Waals surface area contributed by atoms with Gasteiger partial charge in [0.05, 0.1) is 0 Å². The third kappa shape index (κ3) is 5.82. The van der Waals surface area contributed by atoms with Crippen LogP contribution in [0, 0.1) is 11.8 Å². The molecule has 6 heteroatoms. The summed E-state index contributed by atoms with van der Waals surface area (Å²) in [6.07, 6.45) is 3.31. The van der Waals surface area contributed by atoms with E-state index < -0.39 is 5.97 Å². The highest BCUT2D eigenvalue weighted by Gasteiger charge is 2.28. The van der Waals surface area contributed by atoms with Crippen molar-refractivity contribution >= 4 is 27.8 Å². The number of esters is 1. The maximum absolute atomic E-state index is 11.9. The van der Waals surface area contributed by atoms with Gasteiger partial charge >= 0.3 is 5.97 Å². The maximum atomic E-state index is 11.9. The van der Waals surface area contributed by atoms with E-state index in [0.717, 1.165) is 17.3 Å². The first-order chi connectivity index (χ1) is 11.5. The van der Waals surface area contributed by atoms with Crippen LogP contribution in [-0.4, -0.2) is 31.1 Å². The van der Waals surface area contributed by atoms with Gasteiger partial charge in [0.15, 0.2) is 13.2 Å². The number of carbonyl (C=O) groups excluding carboxylic acids is 2. The zero-order valence-electron chi connectivity index (χ0n) is 14.1. The number of ether oxygens (including phenoxy) is 2. The third-order valence-electron chi connectivity index (χ3n) is 4.59. The van der Waals surface area contributed by atoms with Crippen LogP contribution in [0.4, 0.5) is 0 Å². The molecule has 0 saturated heterocycles. The van der Waals surface area contributed by atoms with E-state index in [1.165, 1.54) is 6.42 Å². The van der Waals surface area contributed by atoms with Gasteiger partial charge in [0, 0.05) is 10.5 Å². The van der Waals surface area contributed by atoms with Crippen LogP contribution in [0.15, 0.2) is 28.7 Å². The van der Waals surface area contributed by atoms with Crippen molar-refractivity contribution in [1.29, 1.82) is 0 Å². The minimum atomic E-state index is -0.557. The summed E-state index contributed by atoms with van der Waals surface area (Å²) in [4.78, 5) is 23.6. The van der Waals surface area contributed by atoms with Crippen LogP contribution in [0.1, 0.15) is 33.1 Å². The SMILES string of the molecule is C[C@@H]1[C@@H](C)CCC[C@H]1NC(=O)COC(=O)COc1ccc(Br)cc1. The highest BCUT2D eigenvalue weighted by Crippen LogP contribution is 2.29. The summed E-state index contributed by atoms with van der Waals surface area (Å²) in [5, 5.41) is 2.97. The Kier molecular flexibility index (Phi) is 7.09. The first-order valence-electron chi connectivity index (χ1n) is 8.29. The van der Waals surface area contributed by atoms with Crippen LogP contribution in [-0.2, 0) is 14.3 Å². The Morgan fingerprint density at radius 1 is 1.17 bits per heavy atom. The fourth-order valence-corrected chi connectivity index (χ4v) is 3.16. The molecule has 1 aliphatic rings. The van der Waals surface area contributed by atoms with Crippen molar-refractivity contribution in [2.75, 3.05) is 13.2 Å². The van der Waals surface area contributed by atoms with E-state index in [0.29, 0.717) is 17.6 Å². The molecule has 1 aromatic rings. The van der Waals surface area contributed by atoms with Crippen LogP contribution in [0.3, 0.4) is 0 Å². The van der Waals surface area contributed by atoms with Crippen molar-refractivity contribution in [1.82, 2.24) is 5.32 Å². The number of hydrogen-bond donors (Lipinski definition) is 1. The van der Waals surface area contributed by atoms with Crippen molar-refractivity contribution in [3.05, 3.63) is 28.7 Å². The number of carbonyl (C=O) groups is 2. The second-order valence-electron chi connectivity index (χ2n) is 6.34. The average molecular weight is 398 g/mol. The van der Waals surface area contributed by atoms with E-state index in [-0.39, 0.29) is 25.2 Å². The van der Waals surface area contributed by atoms with Gasteiger partial charge < -0.3 is 14.8 Å². The molecule has 3 atom stereocenters. The Labute approximate surface area is 151 Å². The van der Waals surface area contributed by atoms with Gasteiger partial charge in [-0.25, -0.2) is 4.79 Å². The summed E-state index contributed by atoms with van der Waals surface area (Å²) in [7, 11) is 0. The summed E-state index contributed by atoms with van der Waals surface area (Å²) >= 11 is 3.32. The fraction of sp³-hybridized carbons (Fsp3) is 0.556. The predicted molar refractivity (Wildman–Crippen MR) is 94.7 cm³/mol. The lowest BCUT2D eigenvalue weighted by atomic mass is 9.78. The molecule has 2 rings (SSSR count). The molecule has 1 saturated carbocycles. The lowest BCUT2D eigenvalue weighted by molar-refractivity contribution is -0.150. The lowest BCUT2D eigenvalue weighted by Crippen LogP contribution is -2.45. The lowest BCUT2D eigenvalue weighted by Gasteiger charge is -2.34. The van der Waals surface area contributed by atoms with Crippen LogP contribution >= 0.6 is 15.9 Å². The molecule has 0 bridgehead atoms. The van der Waals surface area contributed by atoms with Crippen molar-refractivity contribution in [2.45, 2.75) is 39.2 Å². The van der Waals surface area contributed by atoms with E-state index in [2.05, 4.69) is 35.1 Å². The molecule has 1 fully saturated rings. The molecule has 0 spiro atoms. The van der Waals surface area contributed by atoms with Crippen molar-refractivity contribution in [3.8, 4) is 5.75 Å². The molecule has 132 valence electrons. The number of hydrogen-bond acceptors (Lipinski definition) is 4. The van der Waals surface area contributed by atoms with Crippen molar-refractivity contribution in [3.63, 3.8) is 0 Å². The standard InChI is InChI=1S/C18H24BrNO4/c1-12-4-3-5-16(13(12)2)20-17(21)10-24-18(22)11-23-15-8-6-14(19)7-9-15/h6-9,12-13,16H,3-5,10-11H2,1-2H3,(H,20,21)/t12-,13+,16+/m0/s1. The molecule has 0 radical (unpaired) electrons. The van der Waals surface area contributed by atoms with E-state index in [4.69, 9.17) is 9.47 Å². The normalized spacial score (nSPS) is 23.4. The Morgan fingerprint density at radius 3 is 2.58 bits per heavy atom. The number of amides is 1. The van der Waals surface area contributed by atoms with E-state index in [1.807, 2.05) is 12.1 Å². The molecule has 0 aromatic heterocycles. The fourth-order valence-electron chi connectivity index (χ4n) is 2.89. The summed E-state index contributed by atoms with van der Waals surface area (Å²) in [5.74, 6) is 0.811. The van der Waals surface area contributed by atoms with Gasteiger partial charge in [-0.15, -0.1) is 0 Å². The second-order valence-corrected chi connectivity index (χ2v) is 7.26. The molecule has 0 heterocycles. The molecule has 1 aliphatic carbocycles.